The maximum Gasteiger partial charge on any atom is 0.244 e. The van der Waals surface area contributed by atoms with Crippen LogP contribution in [-0.4, -0.2) is 32.4 Å². The molecule has 1 aliphatic heterocycles. The van der Waals surface area contributed by atoms with Crippen LogP contribution in [0, 0.1) is 5.92 Å². The van der Waals surface area contributed by atoms with E-state index in [1.807, 2.05) is 13.1 Å². The van der Waals surface area contributed by atoms with Crippen molar-refractivity contribution < 1.29 is 8.42 Å². The summed E-state index contributed by atoms with van der Waals surface area (Å²) >= 11 is 6.14. The van der Waals surface area contributed by atoms with Gasteiger partial charge in [-0.05, 0) is 49.9 Å². The first-order valence-electron chi connectivity index (χ1n) is 6.97. The lowest BCUT2D eigenvalue weighted by Crippen LogP contribution is -2.37. The number of benzene rings is 1. The van der Waals surface area contributed by atoms with E-state index in [9.17, 15) is 8.42 Å². The Hall–Kier alpha value is -0.620. The molecule has 1 heterocycles. The summed E-state index contributed by atoms with van der Waals surface area (Å²) in [6, 6.07) is 5.40. The van der Waals surface area contributed by atoms with Crippen molar-refractivity contribution in [3.8, 4) is 0 Å². The van der Waals surface area contributed by atoms with E-state index >= 15 is 0 Å². The average Bonchev–Trinajstić information content (AvgIpc) is 3.03. The number of nitrogens with zero attached hydrogens (tertiary/aromatic N) is 1. The summed E-state index contributed by atoms with van der Waals surface area (Å²) < 4.78 is 27.3. The summed E-state index contributed by atoms with van der Waals surface area (Å²) in [5, 5.41) is 3.34. The van der Waals surface area contributed by atoms with E-state index in [4.69, 9.17) is 11.6 Å². The van der Waals surface area contributed by atoms with E-state index in [-0.39, 0.29) is 10.9 Å². The topological polar surface area (TPSA) is 49.4 Å². The van der Waals surface area contributed by atoms with Gasteiger partial charge in [-0.15, -0.1) is 0 Å². The van der Waals surface area contributed by atoms with Crippen LogP contribution in [0.4, 0.5) is 0 Å². The Morgan fingerprint density at radius 2 is 2.20 bits per heavy atom. The highest BCUT2D eigenvalue weighted by molar-refractivity contribution is 7.89. The van der Waals surface area contributed by atoms with Crippen molar-refractivity contribution in [2.24, 2.45) is 5.92 Å². The van der Waals surface area contributed by atoms with Crippen molar-refractivity contribution in [3.63, 3.8) is 0 Å². The summed E-state index contributed by atoms with van der Waals surface area (Å²) in [6.45, 7) is 1.28. The Balaban J connectivity index is 1.96. The number of piperidine rings is 1. The molecular formula is C14H19ClN2O2S. The predicted molar refractivity (Wildman–Crippen MR) is 79.2 cm³/mol. The zero-order valence-electron chi connectivity index (χ0n) is 11.5. The molecule has 1 saturated heterocycles. The molecule has 20 heavy (non-hydrogen) atoms. The third-order valence-corrected chi connectivity index (χ3v) is 6.72. The molecule has 2 fully saturated rings. The van der Waals surface area contributed by atoms with Crippen LogP contribution < -0.4 is 5.32 Å². The van der Waals surface area contributed by atoms with Crippen molar-refractivity contribution in [3.05, 3.63) is 28.8 Å². The molecule has 6 heteroatoms. The third-order valence-electron chi connectivity index (χ3n) is 4.32. The molecule has 0 spiro atoms. The van der Waals surface area contributed by atoms with Crippen molar-refractivity contribution >= 4 is 21.6 Å². The molecule has 1 saturated carbocycles. The van der Waals surface area contributed by atoms with Crippen molar-refractivity contribution in [1.82, 2.24) is 9.62 Å². The molecular weight excluding hydrogens is 296 g/mol. The second kappa shape index (κ2) is 5.30. The molecule has 110 valence electrons. The van der Waals surface area contributed by atoms with Crippen LogP contribution in [0.3, 0.4) is 0 Å². The van der Waals surface area contributed by atoms with Crippen LogP contribution in [0.25, 0.3) is 0 Å². The zero-order chi connectivity index (χ0) is 14.3. The van der Waals surface area contributed by atoms with Gasteiger partial charge in [0.2, 0.25) is 10.0 Å². The normalized spacial score (nSPS) is 26.3. The first-order valence-corrected chi connectivity index (χ1v) is 8.79. The monoisotopic (exact) mass is 314 g/mol. The van der Waals surface area contributed by atoms with Gasteiger partial charge in [0, 0.05) is 19.1 Å². The average molecular weight is 315 g/mol. The van der Waals surface area contributed by atoms with E-state index in [2.05, 4.69) is 5.32 Å². The number of sulfonamides is 1. The summed E-state index contributed by atoms with van der Waals surface area (Å²) in [4.78, 5) is 0.250. The van der Waals surface area contributed by atoms with Crippen molar-refractivity contribution in [1.29, 1.82) is 0 Å². The van der Waals surface area contributed by atoms with Gasteiger partial charge in [-0.1, -0.05) is 17.7 Å². The Morgan fingerprint density at radius 3 is 2.80 bits per heavy atom. The van der Waals surface area contributed by atoms with Gasteiger partial charge in [0.15, 0.2) is 0 Å². The molecule has 1 aromatic carbocycles. The molecule has 2 atom stereocenters. The van der Waals surface area contributed by atoms with Crippen LogP contribution in [0.2, 0.25) is 5.02 Å². The minimum absolute atomic E-state index is 0.175. The van der Waals surface area contributed by atoms with Gasteiger partial charge >= 0.3 is 0 Å². The third kappa shape index (κ3) is 2.37. The summed E-state index contributed by atoms with van der Waals surface area (Å²) in [5.74, 6) is 0.536. The van der Waals surface area contributed by atoms with Gasteiger partial charge in [-0.3, -0.25) is 0 Å². The molecule has 1 aromatic rings. The van der Waals surface area contributed by atoms with Crippen LogP contribution in [0.1, 0.15) is 24.8 Å². The second-order valence-corrected chi connectivity index (χ2v) is 7.97. The van der Waals surface area contributed by atoms with E-state index in [1.54, 1.807) is 16.4 Å². The lowest BCUT2D eigenvalue weighted by atomic mass is 10.1. The Kier molecular flexibility index (Phi) is 3.79. The maximum atomic E-state index is 12.8. The summed E-state index contributed by atoms with van der Waals surface area (Å²) in [6.07, 6.45) is 3.15. The predicted octanol–water partition coefficient (Wildman–Crippen LogP) is 2.23. The van der Waals surface area contributed by atoms with Crippen LogP contribution in [-0.2, 0) is 16.6 Å². The molecule has 3 rings (SSSR count). The second-order valence-electron chi connectivity index (χ2n) is 5.70. The van der Waals surface area contributed by atoms with E-state index < -0.39 is 10.0 Å². The van der Waals surface area contributed by atoms with Crippen molar-refractivity contribution in [2.45, 2.75) is 36.7 Å². The molecule has 0 aromatic heterocycles. The molecule has 2 aliphatic rings. The Bertz CT molecular complexity index is 618. The minimum atomic E-state index is -3.47. The molecule has 1 N–H and O–H groups in total. The van der Waals surface area contributed by atoms with E-state index in [0.717, 1.165) is 24.8 Å². The largest absolute Gasteiger partial charge is 0.316 e. The fourth-order valence-corrected chi connectivity index (χ4v) is 5.63. The highest BCUT2D eigenvalue weighted by Gasteiger charge is 2.44. The Morgan fingerprint density at radius 1 is 1.40 bits per heavy atom. The number of nitrogens with one attached hydrogen (secondary N) is 1. The van der Waals surface area contributed by atoms with Gasteiger partial charge in [0.25, 0.3) is 0 Å². The number of hydrogen-bond donors (Lipinski definition) is 1. The number of fused-ring (bicyclic) bond motifs is 2. The zero-order valence-corrected chi connectivity index (χ0v) is 13.0. The number of rotatable bonds is 4. The fourth-order valence-electron chi connectivity index (χ4n) is 3.36. The van der Waals surface area contributed by atoms with Gasteiger partial charge in [-0.2, -0.15) is 4.31 Å². The SMILES string of the molecule is CNCc1ccc(Cl)c(S(=O)(=O)N2CC3CCC2C3)c1. The standard InChI is InChI=1S/C14H19ClN2O2S/c1-16-8-10-3-5-13(15)14(7-10)20(18,19)17-9-11-2-4-12(17)6-11/h3,5,7,11-12,16H,2,4,6,8-9H2,1H3. The number of hydrogen-bond acceptors (Lipinski definition) is 3. The van der Waals surface area contributed by atoms with Gasteiger partial charge in [0.05, 0.1) is 5.02 Å². The fraction of sp³-hybridized carbons (Fsp3) is 0.571. The molecule has 2 unspecified atom stereocenters. The molecule has 2 bridgehead atoms. The lowest BCUT2D eigenvalue weighted by Gasteiger charge is -2.26. The highest BCUT2D eigenvalue weighted by Crippen LogP contribution is 2.41. The smallest absolute Gasteiger partial charge is 0.244 e. The van der Waals surface area contributed by atoms with E-state index in [0.29, 0.717) is 24.0 Å². The van der Waals surface area contributed by atoms with Gasteiger partial charge < -0.3 is 5.32 Å². The highest BCUT2D eigenvalue weighted by atomic mass is 35.5. The van der Waals surface area contributed by atoms with Crippen LogP contribution >= 0.6 is 11.6 Å². The summed E-state index contributed by atoms with van der Waals surface area (Å²) in [5.41, 5.74) is 0.930. The van der Waals surface area contributed by atoms with Crippen molar-refractivity contribution in [2.75, 3.05) is 13.6 Å². The Labute approximate surface area is 125 Å². The molecule has 0 radical (unpaired) electrons. The summed E-state index contributed by atoms with van der Waals surface area (Å²) in [7, 11) is -1.63. The van der Waals surface area contributed by atoms with Gasteiger partial charge in [0.1, 0.15) is 4.90 Å². The van der Waals surface area contributed by atoms with Gasteiger partial charge in [-0.25, -0.2) is 8.42 Å². The quantitative estimate of drug-likeness (QED) is 0.927. The molecule has 1 aliphatic carbocycles. The minimum Gasteiger partial charge on any atom is -0.316 e. The first kappa shape index (κ1) is 14.3. The molecule has 4 nitrogen and oxygen atoms in total. The van der Waals surface area contributed by atoms with E-state index in [1.165, 1.54) is 0 Å². The first-order chi connectivity index (χ1) is 9.52. The maximum absolute atomic E-state index is 12.8. The molecule has 0 amide bonds. The van der Waals surface area contributed by atoms with Crippen LogP contribution in [0.15, 0.2) is 23.1 Å². The number of halogens is 1. The lowest BCUT2D eigenvalue weighted by molar-refractivity contribution is 0.333. The van der Waals surface area contributed by atoms with Crippen LogP contribution in [0.5, 0.6) is 0 Å².